The molecule has 8 nitrogen and oxygen atoms in total. The summed E-state index contributed by atoms with van der Waals surface area (Å²) in [4.78, 5) is 23.3. The minimum absolute atomic E-state index is 0.166. The lowest BCUT2D eigenvalue weighted by Crippen LogP contribution is -2.09. The molecule has 1 amide bonds. The zero-order chi connectivity index (χ0) is 18.8. The van der Waals surface area contributed by atoms with E-state index in [1.807, 2.05) is 20.9 Å². The van der Waals surface area contributed by atoms with Gasteiger partial charge in [0.1, 0.15) is 11.4 Å². The van der Waals surface area contributed by atoms with E-state index < -0.39 is 5.97 Å². The Morgan fingerprint density at radius 3 is 2.46 bits per heavy atom. The average Bonchev–Trinajstić information content (AvgIpc) is 3.14. The van der Waals surface area contributed by atoms with Crippen molar-refractivity contribution in [2.24, 2.45) is 7.05 Å². The van der Waals surface area contributed by atoms with Gasteiger partial charge in [0, 0.05) is 30.9 Å². The first-order valence-electron chi connectivity index (χ1n) is 8.01. The van der Waals surface area contributed by atoms with Crippen molar-refractivity contribution >= 4 is 17.6 Å². The van der Waals surface area contributed by atoms with Gasteiger partial charge >= 0.3 is 5.97 Å². The Kier molecular flexibility index (Phi) is 4.57. The molecule has 8 heteroatoms. The van der Waals surface area contributed by atoms with Crippen LogP contribution in [0, 0.1) is 13.8 Å². The summed E-state index contributed by atoms with van der Waals surface area (Å²) in [7, 11) is 1.86. The van der Waals surface area contributed by atoms with E-state index in [0.29, 0.717) is 17.1 Å². The molecule has 0 spiro atoms. The van der Waals surface area contributed by atoms with Crippen LogP contribution < -0.4 is 10.1 Å². The van der Waals surface area contributed by atoms with Crippen LogP contribution in [0.3, 0.4) is 0 Å². The molecular formula is C18H19N5O3. The number of aromatic amines is 1. The third kappa shape index (κ3) is 3.49. The molecule has 26 heavy (non-hydrogen) atoms. The third-order valence-corrected chi connectivity index (χ3v) is 3.95. The van der Waals surface area contributed by atoms with Crippen molar-refractivity contribution in [3.63, 3.8) is 0 Å². The number of hydrogen-bond acceptors (Lipinski definition) is 5. The number of aromatic nitrogens is 4. The number of hydrogen-bond donors (Lipinski definition) is 2. The fraction of sp³-hybridized carbons (Fsp3) is 0.222. The summed E-state index contributed by atoms with van der Waals surface area (Å²) < 4.78 is 7.10. The van der Waals surface area contributed by atoms with E-state index in [1.165, 1.54) is 6.92 Å². The molecular weight excluding hydrogens is 334 g/mol. The van der Waals surface area contributed by atoms with Crippen molar-refractivity contribution in [3.05, 3.63) is 47.4 Å². The first-order valence-corrected chi connectivity index (χ1v) is 8.01. The van der Waals surface area contributed by atoms with Crippen molar-refractivity contribution in [1.29, 1.82) is 0 Å². The lowest BCUT2D eigenvalue weighted by Gasteiger charge is -2.05. The molecule has 0 radical (unpaired) electrons. The Hall–Kier alpha value is -3.42. The van der Waals surface area contributed by atoms with E-state index in [2.05, 4.69) is 20.6 Å². The van der Waals surface area contributed by atoms with Gasteiger partial charge in [-0.3, -0.25) is 14.6 Å². The molecule has 2 aromatic heterocycles. The van der Waals surface area contributed by atoms with Gasteiger partial charge in [0.05, 0.1) is 11.4 Å². The van der Waals surface area contributed by atoms with Crippen LogP contribution in [0.15, 0.2) is 30.3 Å². The van der Waals surface area contributed by atoms with Crippen molar-refractivity contribution < 1.29 is 14.3 Å². The van der Waals surface area contributed by atoms with Crippen LogP contribution in [-0.2, 0) is 11.8 Å². The van der Waals surface area contributed by atoms with Gasteiger partial charge < -0.3 is 10.1 Å². The number of nitrogens with one attached hydrogen (secondary N) is 2. The van der Waals surface area contributed by atoms with Crippen LogP contribution in [-0.4, -0.2) is 31.9 Å². The van der Waals surface area contributed by atoms with Gasteiger partial charge in [-0.1, -0.05) is 0 Å². The Morgan fingerprint density at radius 2 is 1.88 bits per heavy atom. The fourth-order valence-corrected chi connectivity index (χ4v) is 2.67. The van der Waals surface area contributed by atoms with Crippen LogP contribution in [0.5, 0.6) is 5.75 Å². The highest BCUT2D eigenvalue weighted by Crippen LogP contribution is 2.25. The Labute approximate surface area is 150 Å². The van der Waals surface area contributed by atoms with Crippen LogP contribution >= 0.6 is 0 Å². The van der Waals surface area contributed by atoms with E-state index in [9.17, 15) is 9.59 Å². The second kappa shape index (κ2) is 6.83. The van der Waals surface area contributed by atoms with Gasteiger partial charge in [0.15, 0.2) is 0 Å². The summed E-state index contributed by atoms with van der Waals surface area (Å²) in [6.45, 7) is 5.26. The maximum atomic E-state index is 12.3. The first-order chi connectivity index (χ1) is 12.3. The van der Waals surface area contributed by atoms with Gasteiger partial charge in [0.2, 0.25) is 5.91 Å². The highest BCUT2D eigenvalue weighted by Gasteiger charge is 2.18. The molecule has 0 saturated heterocycles. The number of ether oxygens (including phenoxy) is 1. The third-order valence-electron chi connectivity index (χ3n) is 3.95. The zero-order valence-electron chi connectivity index (χ0n) is 15.0. The van der Waals surface area contributed by atoms with Crippen molar-refractivity contribution in [1.82, 2.24) is 20.0 Å². The number of rotatable bonds is 4. The molecule has 3 aromatic rings. The minimum atomic E-state index is -0.546. The number of carbonyl (C=O) groups is 2. The largest absolute Gasteiger partial charge is 0.422 e. The number of benzene rings is 1. The molecule has 2 heterocycles. The number of esters is 1. The lowest BCUT2D eigenvalue weighted by atomic mass is 10.1. The smallest absolute Gasteiger partial charge is 0.361 e. The Balaban J connectivity index is 1.75. The number of aryl methyl sites for hydroxylation is 2. The van der Waals surface area contributed by atoms with Gasteiger partial charge in [-0.15, -0.1) is 0 Å². The maximum Gasteiger partial charge on any atom is 0.361 e. The number of carbonyl (C=O) groups excluding carboxylic acids is 2. The second-order valence-corrected chi connectivity index (χ2v) is 5.93. The number of nitrogens with zero attached hydrogens (tertiary/aromatic N) is 3. The fourth-order valence-electron chi connectivity index (χ4n) is 2.67. The van der Waals surface area contributed by atoms with Crippen LogP contribution in [0.2, 0.25) is 0 Å². The molecule has 0 aliphatic heterocycles. The van der Waals surface area contributed by atoms with E-state index in [1.54, 1.807) is 35.0 Å². The minimum Gasteiger partial charge on any atom is -0.422 e. The van der Waals surface area contributed by atoms with Crippen LogP contribution in [0.25, 0.3) is 11.3 Å². The molecule has 0 fully saturated rings. The van der Waals surface area contributed by atoms with Gasteiger partial charge in [-0.25, -0.2) is 4.79 Å². The average molecular weight is 353 g/mol. The summed E-state index contributed by atoms with van der Waals surface area (Å²) in [5, 5.41) is 13.9. The van der Waals surface area contributed by atoms with Gasteiger partial charge in [0.25, 0.3) is 0 Å². The topological polar surface area (TPSA) is 102 Å². The summed E-state index contributed by atoms with van der Waals surface area (Å²) in [6.07, 6.45) is 0. The predicted octanol–water partition coefficient (Wildman–Crippen LogP) is 2.60. The molecule has 0 aliphatic rings. The normalized spacial score (nSPS) is 10.6. The first kappa shape index (κ1) is 17.4. The van der Waals surface area contributed by atoms with Gasteiger partial charge in [-0.2, -0.15) is 10.2 Å². The Morgan fingerprint density at radius 1 is 1.19 bits per heavy atom. The number of anilines is 1. The summed E-state index contributed by atoms with van der Waals surface area (Å²) in [5.74, 6) is -0.343. The van der Waals surface area contributed by atoms with Gasteiger partial charge in [-0.05, 0) is 44.2 Å². The second-order valence-electron chi connectivity index (χ2n) is 5.93. The van der Waals surface area contributed by atoms with E-state index in [4.69, 9.17) is 4.74 Å². The molecule has 134 valence electrons. The molecule has 0 bridgehead atoms. The predicted molar refractivity (Wildman–Crippen MR) is 96.0 cm³/mol. The summed E-state index contributed by atoms with van der Waals surface area (Å²) in [5.41, 5.74) is 4.20. The van der Waals surface area contributed by atoms with Crippen LogP contribution in [0.1, 0.15) is 28.8 Å². The molecule has 1 aromatic carbocycles. The molecule has 2 N–H and O–H groups in total. The van der Waals surface area contributed by atoms with Crippen molar-refractivity contribution in [2.75, 3.05) is 5.32 Å². The molecule has 0 atom stereocenters. The highest BCUT2D eigenvalue weighted by molar-refractivity contribution is 5.91. The quantitative estimate of drug-likeness (QED) is 0.554. The maximum absolute atomic E-state index is 12.3. The van der Waals surface area contributed by atoms with E-state index >= 15 is 0 Å². The summed E-state index contributed by atoms with van der Waals surface area (Å²) >= 11 is 0. The SMILES string of the molecule is CC(=O)Nc1ccc(OC(=O)c2cc(-c3c(C)nn(C)c3C)n[nH]2)cc1. The zero-order valence-corrected chi connectivity index (χ0v) is 15.0. The highest BCUT2D eigenvalue weighted by atomic mass is 16.5. The summed E-state index contributed by atoms with van der Waals surface area (Å²) in [6, 6.07) is 8.17. The van der Waals surface area contributed by atoms with Crippen molar-refractivity contribution in [3.8, 4) is 17.0 Å². The van der Waals surface area contributed by atoms with E-state index in [-0.39, 0.29) is 11.6 Å². The Bertz CT molecular complexity index is 969. The molecule has 0 saturated carbocycles. The molecule has 0 unspecified atom stereocenters. The lowest BCUT2D eigenvalue weighted by molar-refractivity contribution is -0.114. The van der Waals surface area contributed by atoms with Crippen molar-refractivity contribution in [2.45, 2.75) is 20.8 Å². The number of H-pyrrole nitrogens is 1. The molecule has 0 aliphatic carbocycles. The standard InChI is InChI=1S/C18H19N5O3/c1-10-17(11(2)23(4)22-10)15-9-16(21-20-15)18(25)26-14-7-5-13(6-8-14)19-12(3)24/h5-9H,1-4H3,(H,19,24)(H,20,21). The van der Waals surface area contributed by atoms with Crippen LogP contribution in [0.4, 0.5) is 5.69 Å². The van der Waals surface area contributed by atoms with E-state index in [0.717, 1.165) is 17.0 Å². The number of amides is 1. The monoisotopic (exact) mass is 353 g/mol. The molecule has 3 rings (SSSR count).